The van der Waals surface area contributed by atoms with Gasteiger partial charge in [-0.1, -0.05) is 42.5 Å². The molecule has 0 aliphatic carbocycles. The van der Waals surface area contributed by atoms with Crippen LogP contribution in [0.5, 0.6) is 0 Å². The summed E-state index contributed by atoms with van der Waals surface area (Å²) in [6, 6.07) is 15.0. The van der Waals surface area contributed by atoms with E-state index >= 15 is 0 Å². The van der Waals surface area contributed by atoms with Gasteiger partial charge in [0, 0.05) is 30.7 Å². The third kappa shape index (κ3) is 1.88. The Balaban J connectivity index is 1.74. The van der Waals surface area contributed by atoms with Crippen LogP contribution in [0.3, 0.4) is 0 Å². The molecule has 0 fully saturated rings. The van der Waals surface area contributed by atoms with Gasteiger partial charge in [0.15, 0.2) is 0 Å². The van der Waals surface area contributed by atoms with Gasteiger partial charge in [0.25, 0.3) is 0 Å². The summed E-state index contributed by atoms with van der Waals surface area (Å²) in [5.41, 5.74) is 3.67. The molecule has 98 valence electrons. The van der Waals surface area contributed by atoms with Gasteiger partial charge in [-0.15, -0.1) is 0 Å². The van der Waals surface area contributed by atoms with Gasteiger partial charge >= 0.3 is 0 Å². The van der Waals surface area contributed by atoms with Crippen molar-refractivity contribution in [2.24, 2.45) is 4.99 Å². The van der Waals surface area contributed by atoms with Gasteiger partial charge < -0.3 is 9.88 Å². The number of aromatic nitrogens is 1. The minimum absolute atomic E-state index is 0.672. The predicted octanol–water partition coefficient (Wildman–Crippen LogP) is 3.49. The summed E-state index contributed by atoms with van der Waals surface area (Å²) >= 11 is 0. The molecule has 20 heavy (non-hydrogen) atoms. The predicted molar refractivity (Wildman–Crippen MR) is 83.6 cm³/mol. The lowest BCUT2D eigenvalue weighted by atomic mass is 10.0. The van der Waals surface area contributed by atoms with Crippen LogP contribution >= 0.6 is 0 Å². The maximum atomic E-state index is 4.24. The molecule has 0 saturated heterocycles. The fourth-order valence-corrected chi connectivity index (χ4v) is 2.77. The Kier molecular flexibility index (Phi) is 2.56. The monoisotopic (exact) mass is 261 g/mol. The zero-order valence-electron chi connectivity index (χ0n) is 11.1. The van der Waals surface area contributed by atoms with Crippen molar-refractivity contribution >= 4 is 22.7 Å². The molecule has 1 aliphatic rings. The summed E-state index contributed by atoms with van der Waals surface area (Å²) in [5, 5.41) is 5.90. The smallest absolute Gasteiger partial charge is 0.107 e. The molecular weight excluding hydrogens is 246 g/mol. The highest BCUT2D eigenvalue weighted by atomic mass is 15.1. The first kappa shape index (κ1) is 11.3. The van der Waals surface area contributed by atoms with Crippen LogP contribution < -0.4 is 5.32 Å². The molecule has 2 heterocycles. The Morgan fingerprint density at radius 3 is 2.90 bits per heavy atom. The number of benzene rings is 2. The lowest BCUT2D eigenvalue weighted by Crippen LogP contribution is -2.04. The zero-order valence-corrected chi connectivity index (χ0v) is 11.1. The molecule has 3 nitrogen and oxygen atoms in total. The molecule has 0 bridgehead atoms. The van der Waals surface area contributed by atoms with Crippen molar-refractivity contribution in [3.63, 3.8) is 0 Å². The van der Waals surface area contributed by atoms with Crippen LogP contribution in [0.25, 0.3) is 10.8 Å². The van der Waals surface area contributed by atoms with Gasteiger partial charge in [-0.05, 0) is 16.3 Å². The Labute approximate surface area is 117 Å². The first-order valence-electron chi connectivity index (χ1n) is 6.80. The minimum Gasteiger partial charge on any atom is -0.365 e. The van der Waals surface area contributed by atoms with Crippen LogP contribution in [0.15, 0.2) is 59.9 Å². The van der Waals surface area contributed by atoms with Crippen LogP contribution in [0, 0.1) is 0 Å². The molecule has 1 aliphatic heterocycles. The Bertz CT molecular complexity index is 794. The number of nitrogens with zero attached hydrogens (tertiary/aromatic N) is 2. The minimum atomic E-state index is 0.672. The highest BCUT2D eigenvalue weighted by Gasteiger charge is 2.08. The maximum Gasteiger partial charge on any atom is 0.107 e. The molecule has 0 saturated carbocycles. The lowest BCUT2D eigenvalue weighted by molar-refractivity contribution is 0.812. The van der Waals surface area contributed by atoms with E-state index in [4.69, 9.17) is 0 Å². The van der Waals surface area contributed by atoms with Crippen molar-refractivity contribution in [3.05, 3.63) is 66.0 Å². The summed E-state index contributed by atoms with van der Waals surface area (Å²) in [4.78, 5) is 4.24. The first-order valence-corrected chi connectivity index (χ1v) is 6.80. The molecule has 3 heteroatoms. The van der Waals surface area contributed by atoms with E-state index in [1.807, 2.05) is 6.21 Å². The average Bonchev–Trinajstić information content (AvgIpc) is 2.90. The van der Waals surface area contributed by atoms with Crippen LogP contribution in [-0.2, 0) is 6.54 Å². The van der Waals surface area contributed by atoms with E-state index < -0.39 is 0 Å². The molecule has 4 rings (SSSR count). The van der Waals surface area contributed by atoms with Crippen molar-refractivity contribution in [2.45, 2.75) is 6.54 Å². The van der Waals surface area contributed by atoms with E-state index in [0.29, 0.717) is 6.67 Å². The summed E-state index contributed by atoms with van der Waals surface area (Å²) in [7, 11) is 0. The standard InChI is InChI=1S/C17H15N3/c1-2-7-16-13(4-1)5-3-6-14(16)9-20-10-15-8-18-12-19-17(15)11-20/h1-8,10-11,19H,9,12H2. The third-order valence-corrected chi connectivity index (χ3v) is 3.73. The number of rotatable bonds is 2. The number of hydrogen-bond acceptors (Lipinski definition) is 2. The van der Waals surface area contributed by atoms with Crippen molar-refractivity contribution in [1.82, 2.24) is 4.57 Å². The topological polar surface area (TPSA) is 29.3 Å². The molecule has 2 aromatic carbocycles. The quantitative estimate of drug-likeness (QED) is 0.751. The van der Waals surface area contributed by atoms with Crippen LogP contribution in [-0.4, -0.2) is 17.5 Å². The number of fused-ring (bicyclic) bond motifs is 2. The van der Waals surface area contributed by atoms with E-state index in [1.54, 1.807) is 0 Å². The van der Waals surface area contributed by atoms with E-state index in [1.165, 1.54) is 22.0 Å². The molecule has 1 N–H and O–H groups in total. The van der Waals surface area contributed by atoms with Crippen molar-refractivity contribution in [3.8, 4) is 0 Å². The van der Waals surface area contributed by atoms with Gasteiger partial charge in [-0.25, -0.2) is 0 Å². The van der Waals surface area contributed by atoms with E-state index in [0.717, 1.165) is 12.1 Å². The molecular formula is C17H15N3. The summed E-state index contributed by atoms with van der Waals surface area (Å²) in [5.74, 6) is 0. The zero-order chi connectivity index (χ0) is 13.4. The number of aliphatic imine (C=N–C) groups is 1. The van der Waals surface area contributed by atoms with E-state index in [-0.39, 0.29) is 0 Å². The fourth-order valence-electron chi connectivity index (χ4n) is 2.77. The first-order chi connectivity index (χ1) is 9.90. The molecule has 3 aromatic rings. The van der Waals surface area contributed by atoms with Crippen LogP contribution in [0.4, 0.5) is 5.69 Å². The highest BCUT2D eigenvalue weighted by Crippen LogP contribution is 2.22. The number of nitrogens with one attached hydrogen (secondary N) is 1. The second kappa shape index (κ2) is 4.53. The second-order valence-electron chi connectivity index (χ2n) is 5.08. The van der Waals surface area contributed by atoms with Crippen molar-refractivity contribution in [2.75, 3.05) is 12.0 Å². The van der Waals surface area contributed by atoms with Gasteiger partial charge in [-0.3, -0.25) is 4.99 Å². The largest absolute Gasteiger partial charge is 0.365 e. The highest BCUT2D eigenvalue weighted by molar-refractivity contribution is 5.89. The summed E-state index contributed by atoms with van der Waals surface area (Å²) in [6.07, 6.45) is 6.24. The van der Waals surface area contributed by atoms with E-state index in [9.17, 15) is 0 Å². The van der Waals surface area contributed by atoms with Gasteiger partial charge in [0.1, 0.15) is 6.67 Å². The lowest BCUT2D eigenvalue weighted by Gasteiger charge is -2.07. The molecule has 0 radical (unpaired) electrons. The van der Waals surface area contributed by atoms with Gasteiger partial charge in [0.2, 0.25) is 0 Å². The molecule has 1 aromatic heterocycles. The van der Waals surface area contributed by atoms with E-state index in [2.05, 4.69) is 69.7 Å². The molecule has 0 atom stereocenters. The van der Waals surface area contributed by atoms with Crippen LogP contribution in [0.2, 0.25) is 0 Å². The van der Waals surface area contributed by atoms with Crippen LogP contribution in [0.1, 0.15) is 11.1 Å². The molecule has 0 amide bonds. The Hall–Kier alpha value is -2.55. The van der Waals surface area contributed by atoms with Gasteiger partial charge in [0.05, 0.1) is 5.69 Å². The number of anilines is 1. The normalized spacial score (nSPS) is 13.2. The fraction of sp³-hybridized carbons (Fsp3) is 0.118. The van der Waals surface area contributed by atoms with Crippen molar-refractivity contribution < 1.29 is 0 Å². The third-order valence-electron chi connectivity index (χ3n) is 3.73. The van der Waals surface area contributed by atoms with Gasteiger partial charge in [-0.2, -0.15) is 0 Å². The molecule has 0 spiro atoms. The summed E-state index contributed by atoms with van der Waals surface area (Å²) < 4.78 is 2.22. The summed E-state index contributed by atoms with van der Waals surface area (Å²) in [6.45, 7) is 1.55. The molecule has 0 unspecified atom stereocenters. The second-order valence-corrected chi connectivity index (χ2v) is 5.08. The Morgan fingerprint density at radius 2 is 1.95 bits per heavy atom. The van der Waals surface area contributed by atoms with Crippen molar-refractivity contribution in [1.29, 1.82) is 0 Å². The average molecular weight is 261 g/mol. The number of hydrogen-bond donors (Lipinski definition) is 1. The Morgan fingerprint density at radius 1 is 1.05 bits per heavy atom. The maximum absolute atomic E-state index is 4.24. The SMILES string of the molecule is C1=NCNc2cn(Cc3cccc4ccccc34)cc21.